The molecule has 1 aromatic heterocycles. The van der Waals surface area contributed by atoms with E-state index in [0.717, 1.165) is 31.2 Å². The molecule has 0 spiro atoms. The standard InChI is InChI=1S/C25H29FN2O2/c1-3-4-5-8-16-28-25(30)22(15-14-19-10-9-11-20(26)17-19)24(18(2)27-28)21-12-6-7-13-23(21)29/h6-7,9-13,17,29H,3-5,8,14-16H2,1-2H3. The smallest absolute Gasteiger partial charge is 0.270 e. The molecule has 0 aliphatic heterocycles. The first-order chi connectivity index (χ1) is 14.5. The molecule has 3 rings (SSSR count). The van der Waals surface area contributed by atoms with Gasteiger partial charge >= 0.3 is 0 Å². The predicted molar refractivity (Wildman–Crippen MR) is 118 cm³/mol. The number of phenols is 1. The molecule has 0 aliphatic carbocycles. The molecule has 30 heavy (non-hydrogen) atoms. The Morgan fingerprint density at radius 2 is 1.83 bits per heavy atom. The molecule has 0 aliphatic rings. The summed E-state index contributed by atoms with van der Waals surface area (Å²) in [4.78, 5) is 13.3. The molecule has 4 nitrogen and oxygen atoms in total. The van der Waals surface area contributed by atoms with E-state index in [1.165, 1.54) is 12.1 Å². The van der Waals surface area contributed by atoms with Crippen molar-refractivity contribution in [2.45, 2.75) is 58.9 Å². The van der Waals surface area contributed by atoms with E-state index in [2.05, 4.69) is 12.0 Å². The first-order valence-electron chi connectivity index (χ1n) is 10.6. The Labute approximate surface area is 177 Å². The molecule has 1 heterocycles. The lowest BCUT2D eigenvalue weighted by Crippen LogP contribution is -2.29. The van der Waals surface area contributed by atoms with Crippen molar-refractivity contribution in [2.24, 2.45) is 0 Å². The SMILES string of the molecule is CCCCCCn1nc(C)c(-c2ccccc2O)c(CCc2cccc(F)c2)c1=O. The van der Waals surface area contributed by atoms with Gasteiger partial charge in [0.25, 0.3) is 5.56 Å². The van der Waals surface area contributed by atoms with Crippen molar-refractivity contribution < 1.29 is 9.50 Å². The molecule has 0 atom stereocenters. The van der Waals surface area contributed by atoms with Crippen molar-refractivity contribution in [1.29, 1.82) is 0 Å². The van der Waals surface area contributed by atoms with Crippen LogP contribution in [0.3, 0.4) is 0 Å². The molecule has 0 bridgehead atoms. The van der Waals surface area contributed by atoms with Crippen LogP contribution in [-0.2, 0) is 19.4 Å². The molecule has 0 radical (unpaired) electrons. The van der Waals surface area contributed by atoms with E-state index in [1.807, 2.05) is 19.1 Å². The van der Waals surface area contributed by atoms with Gasteiger partial charge in [-0.05, 0) is 49.9 Å². The Kier molecular flexibility index (Phi) is 7.39. The van der Waals surface area contributed by atoms with Crippen LogP contribution in [0.2, 0.25) is 0 Å². The monoisotopic (exact) mass is 408 g/mol. The van der Waals surface area contributed by atoms with Crippen molar-refractivity contribution >= 4 is 0 Å². The molecule has 0 saturated carbocycles. The van der Waals surface area contributed by atoms with Crippen molar-refractivity contribution in [3.8, 4) is 16.9 Å². The van der Waals surface area contributed by atoms with Crippen molar-refractivity contribution in [3.63, 3.8) is 0 Å². The number of phenolic OH excluding ortho intramolecular Hbond substituents is 1. The zero-order valence-corrected chi connectivity index (χ0v) is 17.7. The highest BCUT2D eigenvalue weighted by atomic mass is 19.1. The second kappa shape index (κ2) is 10.2. The highest BCUT2D eigenvalue weighted by Gasteiger charge is 2.19. The van der Waals surface area contributed by atoms with Gasteiger partial charge < -0.3 is 5.11 Å². The summed E-state index contributed by atoms with van der Waals surface area (Å²) in [6.45, 7) is 4.60. The van der Waals surface area contributed by atoms with Gasteiger partial charge in [-0.1, -0.05) is 56.5 Å². The van der Waals surface area contributed by atoms with E-state index in [1.54, 1.807) is 28.9 Å². The second-order valence-corrected chi connectivity index (χ2v) is 7.67. The minimum Gasteiger partial charge on any atom is -0.507 e. The first kappa shape index (κ1) is 21.8. The summed E-state index contributed by atoms with van der Waals surface area (Å²) in [5.41, 5.74) is 3.31. The van der Waals surface area contributed by atoms with Crippen LogP contribution in [0, 0.1) is 12.7 Å². The number of rotatable bonds is 9. The van der Waals surface area contributed by atoms with Gasteiger partial charge in [0.15, 0.2) is 0 Å². The van der Waals surface area contributed by atoms with Crippen LogP contribution in [0.4, 0.5) is 4.39 Å². The maximum atomic E-state index is 13.6. The molecule has 0 saturated heterocycles. The molecule has 0 amide bonds. The molecular formula is C25H29FN2O2. The van der Waals surface area contributed by atoms with Crippen LogP contribution in [0.5, 0.6) is 5.75 Å². The van der Waals surface area contributed by atoms with Crippen LogP contribution >= 0.6 is 0 Å². The molecule has 2 aromatic carbocycles. The van der Waals surface area contributed by atoms with Crippen LogP contribution in [-0.4, -0.2) is 14.9 Å². The summed E-state index contributed by atoms with van der Waals surface area (Å²) >= 11 is 0. The topological polar surface area (TPSA) is 55.1 Å². The Balaban J connectivity index is 2.01. The summed E-state index contributed by atoms with van der Waals surface area (Å²) in [7, 11) is 0. The van der Waals surface area contributed by atoms with Gasteiger partial charge in [0.2, 0.25) is 0 Å². The van der Waals surface area contributed by atoms with Gasteiger partial charge in [-0.25, -0.2) is 9.07 Å². The second-order valence-electron chi connectivity index (χ2n) is 7.67. The molecule has 0 unspecified atom stereocenters. The Bertz CT molecular complexity index is 1060. The first-order valence-corrected chi connectivity index (χ1v) is 10.6. The fourth-order valence-electron chi connectivity index (χ4n) is 3.83. The number of aryl methyl sites for hydroxylation is 3. The van der Waals surface area contributed by atoms with E-state index < -0.39 is 0 Å². The Morgan fingerprint density at radius 3 is 2.57 bits per heavy atom. The van der Waals surface area contributed by atoms with Crippen LogP contribution < -0.4 is 5.56 Å². The highest BCUT2D eigenvalue weighted by Crippen LogP contribution is 2.32. The predicted octanol–water partition coefficient (Wildman–Crippen LogP) is 5.43. The Morgan fingerprint density at radius 1 is 1.03 bits per heavy atom. The number of halogens is 1. The summed E-state index contributed by atoms with van der Waals surface area (Å²) in [6, 6.07) is 13.5. The maximum Gasteiger partial charge on any atom is 0.270 e. The van der Waals surface area contributed by atoms with E-state index in [0.29, 0.717) is 41.8 Å². The number of hydrogen-bond acceptors (Lipinski definition) is 3. The number of benzene rings is 2. The molecule has 5 heteroatoms. The van der Waals surface area contributed by atoms with Gasteiger partial charge in [0.05, 0.1) is 5.69 Å². The summed E-state index contributed by atoms with van der Waals surface area (Å²) in [5, 5.41) is 15.0. The lowest BCUT2D eigenvalue weighted by Gasteiger charge is -2.16. The number of para-hydroxylation sites is 1. The maximum absolute atomic E-state index is 13.6. The van der Waals surface area contributed by atoms with Crippen LogP contribution in [0.15, 0.2) is 53.3 Å². The summed E-state index contributed by atoms with van der Waals surface area (Å²) in [6.07, 6.45) is 5.21. The van der Waals surface area contributed by atoms with E-state index in [4.69, 9.17) is 0 Å². The number of aromatic nitrogens is 2. The third kappa shape index (κ3) is 5.15. The number of nitrogens with zero attached hydrogens (tertiary/aromatic N) is 2. The van der Waals surface area contributed by atoms with Crippen LogP contribution in [0.1, 0.15) is 49.4 Å². The van der Waals surface area contributed by atoms with Gasteiger partial charge in [-0.3, -0.25) is 4.79 Å². The van der Waals surface area contributed by atoms with Gasteiger partial charge in [-0.2, -0.15) is 5.10 Å². The van der Waals surface area contributed by atoms with Gasteiger partial charge in [-0.15, -0.1) is 0 Å². The lowest BCUT2D eigenvalue weighted by atomic mass is 9.94. The van der Waals surface area contributed by atoms with Crippen LogP contribution in [0.25, 0.3) is 11.1 Å². The molecule has 158 valence electrons. The largest absolute Gasteiger partial charge is 0.507 e. The molecule has 3 aromatic rings. The normalized spacial score (nSPS) is 11.0. The summed E-state index contributed by atoms with van der Waals surface area (Å²) < 4.78 is 15.1. The molecular weight excluding hydrogens is 379 g/mol. The van der Waals surface area contributed by atoms with Crippen molar-refractivity contribution in [2.75, 3.05) is 0 Å². The molecule has 1 N–H and O–H groups in total. The third-order valence-electron chi connectivity index (χ3n) is 5.38. The Hall–Kier alpha value is -2.95. The summed E-state index contributed by atoms with van der Waals surface area (Å²) in [5.74, 6) is -0.165. The van der Waals surface area contributed by atoms with E-state index in [9.17, 15) is 14.3 Å². The van der Waals surface area contributed by atoms with Crippen molar-refractivity contribution in [3.05, 3.63) is 81.5 Å². The fraction of sp³-hybridized carbons (Fsp3) is 0.360. The number of unbranched alkanes of at least 4 members (excludes halogenated alkanes) is 3. The quantitative estimate of drug-likeness (QED) is 0.481. The average Bonchev–Trinajstić information content (AvgIpc) is 2.73. The molecule has 0 fully saturated rings. The lowest BCUT2D eigenvalue weighted by molar-refractivity contribution is 0.476. The highest BCUT2D eigenvalue weighted by molar-refractivity contribution is 5.74. The zero-order chi connectivity index (χ0) is 21.5. The van der Waals surface area contributed by atoms with E-state index >= 15 is 0 Å². The van der Waals surface area contributed by atoms with Gasteiger partial charge in [0, 0.05) is 23.2 Å². The number of aromatic hydroxyl groups is 1. The minimum absolute atomic E-state index is 0.120. The third-order valence-corrected chi connectivity index (χ3v) is 5.38. The van der Waals surface area contributed by atoms with Gasteiger partial charge in [0.1, 0.15) is 11.6 Å². The average molecular weight is 409 g/mol. The minimum atomic E-state index is -0.285. The fourth-order valence-corrected chi connectivity index (χ4v) is 3.83. The van der Waals surface area contributed by atoms with Crippen molar-refractivity contribution in [1.82, 2.24) is 9.78 Å². The van der Waals surface area contributed by atoms with E-state index in [-0.39, 0.29) is 17.1 Å². The zero-order valence-electron chi connectivity index (χ0n) is 17.7. The number of hydrogen-bond donors (Lipinski definition) is 1.